The summed E-state index contributed by atoms with van der Waals surface area (Å²) in [6.45, 7) is 0. The van der Waals surface area contributed by atoms with E-state index in [0.29, 0.717) is 5.82 Å². The summed E-state index contributed by atoms with van der Waals surface area (Å²) >= 11 is 0. The predicted molar refractivity (Wildman–Crippen MR) is 70.5 cm³/mol. The molecule has 1 unspecified atom stereocenters. The summed E-state index contributed by atoms with van der Waals surface area (Å²) in [4.78, 5) is 18.5. The van der Waals surface area contributed by atoms with Crippen molar-refractivity contribution in [1.29, 1.82) is 0 Å². The van der Waals surface area contributed by atoms with Crippen LogP contribution in [0.1, 0.15) is 29.3 Å². The number of nitrogens with zero attached hydrogens (tertiary/aromatic N) is 1. The molecule has 1 heterocycles. The molecular weight excluding hydrogens is 226 g/mol. The van der Waals surface area contributed by atoms with Crippen molar-refractivity contribution < 1.29 is 0 Å². The average molecular weight is 241 g/mol. The van der Waals surface area contributed by atoms with Gasteiger partial charge in [-0.3, -0.25) is 4.79 Å². The average Bonchev–Trinajstić information content (AvgIpc) is 2.37. The van der Waals surface area contributed by atoms with Crippen molar-refractivity contribution in [2.75, 3.05) is 5.73 Å². The molecule has 18 heavy (non-hydrogen) atoms. The highest BCUT2D eigenvalue weighted by Gasteiger charge is 2.21. The maximum atomic E-state index is 11.4. The number of hydrogen-bond acceptors (Lipinski definition) is 3. The molecule has 0 fully saturated rings. The van der Waals surface area contributed by atoms with Crippen molar-refractivity contribution in [3.05, 3.63) is 57.6 Å². The van der Waals surface area contributed by atoms with Gasteiger partial charge in [0, 0.05) is 12.0 Å². The van der Waals surface area contributed by atoms with Gasteiger partial charge >= 0.3 is 0 Å². The lowest BCUT2D eigenvalue weighted by Gasteiger charge is -2.23. The fourth-order valence-electron chi connectivity index (χ4n) is 2.62. The summed E-state index contributed by atoms with van der Waals surface area (Å²) < 4.78 is 0. The second-order valence-corrected chi connectivity index (χ2v) is 4.76. The summed E-state index contributed by atoms with van der Waals surface area (Å²) in [5.41, 5.74) is 8.21. The molecule has 0 saturated carbocycles. The molecule has 3 rings (SSSR count). The number of nitrogen functional groups attached to an aromatic ring is 1. The van der Waals surface area contributed by atoms with Gasteiger partial charge in [0.05, 0.1) is 0 Å². The third-order valence-corrected chi connectivity index (χ3v) is 3.51. The number of aromatic nitrogens is 2. The minimum absolute atomic E-state index is 0.170. The highest BCUT2D eigenvalue weighted by atomic mass is 16.1. The molecule has 1 aliphatic rings. The van der Waals surface area contributed by atoms with Gasteiger partial charge in [0.25, 0.3) is 5.56 Å². The molecule has 4 heteroatoms. The van der Waals surface area contributed by atoms with Crippen LogP contribution in [0.2, 0.25) is 0 Å². The van der Waals surface area contributed by atoms with E-state index in [1.807, 2.05) is 0 Å². The Morgan fingerprint density at radius 1 is 1.28 bits per heavy atom. The SMILES string of the molecule is Nc1cc(=O)[nH]c(C2CCc3ccccc3C2)n1. The van der Waals surface area contributed by atoms with Crippen molar-refractivity contribution in [2.24, 2.45) is 0 Å². The first-order valence-electron chi connectivity index (χ1n) is 6.16. The van der Waals surface area contributed by atoms with Crippen molar-refractivity contribution in [1.82, 2.24) is 9.97 Å². The van der Waals surface area contributed by atoms with E-state index in [1.165, 1.54) is 17.2 Å². The quantitative estimate of drug-likeness (QED) is 0.797. The van der Waals surface area contributed by atoms with Gasteiger partial charge in [-0.05, 0) is 30.4 Å². The van der Waals surface area contributed by atoms with Gasteiger partial charge in [0.2, 0.25) is 0 Å². The molecule has 1 aromatic heterocycles. The molecule has 0 saturated heterocycles. The van der Waals surface area contributed by atoms with E-state index in [0.717, 1.165) is 25.1 Å². The fourth-order valence-corrected chi connectivity index (χ4v) is 2.62. The van der Waals surface area contributed by atoms with Gasteiger partial charge in [-0.25, -0.2) is 4.98 Å². The summed E-state index contributed by atoms with van der Waals surface area (Å²) in [5, 5.41) is 0. The van der Waals surface area contributed by atoms with Crippen molar-refractivity contribution in [2.45, 2.75) is 25.2 Å². The molecule has 1 aliphatic carbocycles. The number of aromatic amines is 1. The number of benzene rings is 1. The van der Waals surface area contributed by atoms with Gasteiger partial charge < -0.3 is 10.7 Å². The van der Waals surface area contributed by atoms with Crippen LogP contribution in [0.5, 0.6) is 0 Å². The van der Waals surface area contributed by atoms with Crippen molar-refractivity contribution >= 4 is 5.82 Å². The lowest BCUT2D eigenvalue weighted by atomic mass is 9.83. The van der Waals surface area contributed by atoms with Crippen LogP contribution in [0.15, 0.2) is 35.1 Å². The molecule has 0 bridgehead atoms. The topological polar surface area (TPSA) is 71.8 Å². The van der Waals surface area contributed by atoms with E-state index in [1.54, 1.807) is 0 Å². The number of hydrogen-bond donors (Lipinski definition) is 2. The maximum absolute atomic E-state index is 11.4. The Labute approximate surface area is 105 Å². The molecule has 0 aliphatic heterocycles. The second-order valence-electron chi connectivity index (χ2n) is 4.76. The Kier molecular flexibility index (Phi) is 2.63. The van der Waals surface area contributed by atoms with Crippen LogP contribution in [-0.4, -0.2) is 9.97 Å². The molecule has 0 spiro atoms. The standard InChI is InChI=1S/C14H15N3O/c15-12-8-13(18)17-14(16-12)11-6-5-9-3-1-2-4-10(9)7-11/h1-4,8,11H,5-7H2,(H3,15,16,17,18). The van der Waals surface area contributed by atoms with Gasteiger partial charge in [0.1, 0.15) is 11.6 Å². The zero-order valence-corrected chi connectivity index (χ0v) is 10.0. The molecule has 92 valence electrons. The van der Waals surface area contributed by atoms with Gasteiger partial charge in [0.15, 0.2) is 0 Å². The highest BCUT2D eigenvalue weighted by molar-refractivity contribution is 5.33. The van der Waals surface area contributed by atoms with E-state index in [2.05, 4.69) is 34.2 Å². The molecule has 1 atom stereocenters. The van der Waals surface area contributed by atoms with E-state index >= 15 is 0 Å². The fraction of sp³-hybridized carbons (Fsp3) is 0.286. The van der Waals surface area contributed by atoms with Crippen LogP contribution < -0.4 is 11.3 Å². The van der Waals surface area contributed by atoms with Crippen LogP contribution >= 0.6 is 0 Å². The van der Waals surface area contributed by atoms with E-state index in [9.17, 15) is 4.79 Å². The van der Waals surface area contributed by atoms with Crippen LogP contribution in [0.25, 0.3) is 0 Å². The van der Waals surface area contributed by atoms with E-state index < -0.39 is 0 Å². The largest absolute Gasteiger partial charge is 0.383 e. The number of nitrogens with two attached hydrogens (primary N) is 1. The minimum Gasteiger partial charge on any atom is -0.383 e. The minimum atomic E-state index is -0.170. The molecule has 2 aromatic rings. The Morgan fingerprint density at radius 3 is 2.83 bits per heavy atom. The molecular formula is C14H15N3O. The third-order valence-electron chi connectivity index (χ3n) is 3.51. The van der Waals surface area contributed by atoms with Gasteiger partial charge in [-0.1, -0.05) is 24.3 Å². The monoisotopic (exact) mass is 241 g/mol. The summed E-state index contributed by atoms with van der Waals surface area (Å²) in [6.07, 6.45) is 2.95. The molecule has 0 radical (unpaired) electrons. The second kappa shape index (κ2) is 4.29. The number of rotatable bonds is 1. The van der Waals surface area contributed by atoms with Crippen molar-refractivity contribution in [3.63, 3.8) is 0 Å². The Hall–Kier alpha value is -2.10. The first-order valence-corrected chi connectivity index (χ1v) is 6.16. The van der Waals surface area contributed by atoms with Crippen LogP contribution in [0.3, 0.4) is 0 Å². The first kappa shape index (κ1) is 11.0. The van der Waals surface area contributed by atoms with Crippen LogP contribution in [-0.2, 0) is 12.8 Å². The van der Waals surface area contributed by atoms with Crippen molar-refractivity contribution in [3.8, 4) is 0 Å². The Bertz CT molecular complexity index is 633. The zero-order valence-electron chi connectivity index (χ0n) is 10.0. The smallest absolute Gasteiger partial charge is 0.252 e. The summed E-state index contributed by atoms with van der Waals surface area (Å²) in [5.74, 6) is 1.28. The number of anilines is 1. The lowest BCUT2D eigenvalue weighted by molar-refractivity contribution is 0.554. The predicted octanol–water partition coefficient (Wildman–Crippen LogP) is 1.62. The summed E-state index contributed by atoms with van der Waals surface area (Å²) in [7, 11) is 0. The Balaban J connectivity index is 1.94. The lowest BCUT2D eigenvalue weighted by Crippen LogP contribution is -2.20. The van der Waals surface area contributed by atoms with Gasteiger partial charge in [-0.2, -0.15) is 0 Å². The zero-order chi connectivity index (χ0) is 12.5. The number of H-pyrrole nitrogens is 1. The number of fused-ring (bicyclic) bond motifs is 1. The van der Waals surface area contributed by atoms with Crippen LogP contribution in [0.4, 0.5) is 5.82 Å². The molecule has 0 amide bonds. The maximum Gasteiger partial charge on any atom is 0.252 e. The van der Waals surface area contributed by atoms with Gasteiger partial charge in [-0.15, -0.1) is 0 Å². The number of aryl methyl sites for hydroxylation is 1. The van der Waals surface area contributed by atoms with Crippen LogP contribution in [0, 0.1) is 0 Å². The number of nitrogens with one attached hydrogen (secondary N) is 1. The Morgan fingerprint density at radius 2 is 2.06 bits per heavy atom. The van der Waals surface area contributed by atoms with E-state index in [-0.39, 0.29) is 11.5 Å². The molecule has 3 N–H and O–H groups in total. The molecule has 4 nitrogen and oxygen atoms in total. The first-order chi connectivity index (χ1) is 8.72. The van der Waals surface area contributed by atoms with E-state index in [4.69, 9.17) is 5.73 Å². The normalized spacial score (nSPS) is 18.3. The highest BCUT2D eigenvalue weighted by Crippen LogP contribution is 2.30. The summed E-state index contributed by atoms with van der Waals surface area (Å²) in [6, 6.07) is 9.75. The third kappa shape index (κ3) is 2.01. The molecule has 1 aromatic carbocycles.